The van der Waals surface area contributed by atoms with Crippen LogP contribution in [0, 0.1) is 0 Å². The van der Waals surface area contributed by atoms with Gasteiger partial charge in [0.05, 0.1) is 6.67 Å². The van der Waals surface area contributed by atoms with Crippen molar-refractivity contribution in [2.75, 3.05) is 6.67 Å². The van der Waals surface area contributed by atoms with E-state index in [0.29, 0.717) is 0 Å². The maximum absolute atomic E-state index is 3.16. The summed E-state index contributed by atoms with van der Waals surface area (Å²) in [4.78, 5) is 0. The Balaban J connectivity index is 0. The molecule has 56 valence electrons. The Hall–Kier alpha value is -0.660. The Kier molecular flexibility index (Phi) is 5.07. The lowest BCUT2D eigenvalue weighted by molar-refractivity contribution is 0.791. The molecule has 0 unspecified atom stereocenters. The fraction of sp³-hybridized carbons (Fsp3) is 0.714. The standard InChI is InChI=1S/C5H10N2.C2H6.H2/c1-2-5-3-6-4-7-5;1-2;/h3,6-7H,2,4H2,1H3;1-2H3;1H. The molecular formula is C7H18N2. The van der Waals surface area contributed by atoms with Gasteiger partial charge in [-0.1, -0.05) is 20.8 Å². The van der Waals surface area contributed by atoms with E-state index in [1.807, 2.05) is 20.0 Å². The molecule has 0 radical (unpaired) electrons. The molecule has 1 rings (SSSR count). The molecule has 0 saturated heterocycles. The Bertz CT molecular complexity index is 91.6. The Labute approximate surface area is 58.8 Å². The third-order valence-corrected chi connectivity index (χ3v) is 1.07. The van der Waals surface area contributed by atoms with Crippen molar-refractivity contribution in [2.45, 2.75) is 27.2 Å². The molecule has 1 aliphatic heterocycles. The van der Waals surface area contributed by atoms with E-state index < -0.39 is 0 Å². The van der Waals surface area contributed by atoms with Crippen LogP contribution in [0.3, 0.4) is 0 Å². The van der Waals surface area contributed by atoms with Gasteiger partial charge in [-0.3, -0.25) is 0 Å². The van der Waals surface area contributed by atoms with Crippen LogP contribution in [0.15, 0.2) is 11.9 Å². The predicted octanol–water partition coefficient (Wildman–Crippen LogP) is 1.66. The van der Waals surface area contributed by atoms with Crippen molar-refractivity contribution in [3.8, 4) is 0 Å². The third kappa shape index (κ3) is 3.01. The van der Waals surface area contributed by atoms with E-state index in [4.69, 9.17) is 0 Å². The average Bonchev–Trinajstić information content (AvgIpc) is 2.43. The van der Waals surface area contributed by atoms with Gasteiger partial charge >= 0.3 is 0 Å². The first-order valence-corrected chi connectivity index (χ1v) is 3.60. The number of hydrogen-bond acceptors (Lipinski definition) is 2. The van der Waals surface area contributed by atoms with E-state index in [2.05, 4.69) is 17.6 Å². The zero-order valence-electron chi connectivity index (χ0n) is 6.49. The highest BCUT2D eigenvalue weighted by Gasteiger charge is 1.95. The molecule has 2 heteroatoms. The molecule has 0 aromatic rings. The number of rotatable bonds is 1. The molecule has 0 fully saturated rings. The van der Waals surface area contributed by atoms with Crippen LogP contribution in [0.25, 0.3) is 0 Å². The van der Waals surface area contributed by atoms with Gasteiger partial charge in [0.2, 0.25) is 0 Å². The largest absolute Gasteiger partial charge is 0.372 e. The molecule has 0 saturated carbocycles. The second-order valence-corrected chi connectivity index (χ2v) is 1.58. The van der Waals surface area contributed by atoms with E-state index in [9.17, 15) is 0 Å². The minimum Gasteiger partial charge on any atom is -0.372 e. The molecule has 0 amide bonds. The average molecular weight is 130 g/mol. The van der Waals surface area contributed by atoms with Gasteiger partial charge in [-0.25, -0.2) is 0 Å². The highest BCUT2D eigenvalue weighted by atomic mass is 15.1. The summed E-state index contributed by atoms with van der Waals surface area (Å²) in [5, 5.41) is 6.21. The monoisotopic (exact) mass is 130 g/mol. The lowest BCUT2D eigenvalue weighted by Crippen LogP contribution is -2.13. The van der Waals surface area contributed by atoms with Crippen LogP contribution >= 0.6 is 0 Å². The molecule has 2 nitrogen and oxygen atoms in total. The van der Waals surface area contributed by atoms with Crippen LogP contribution in [0.5, 0.6) is 0 Å². The molecule has 0 aliphatic carbocycles. The van der Waals surface area contributed by atoms with Gasteiger partial charge in [-0.05, 0) is 6.42 Å². The van der Waals surface area contributed by atoms with Crippen LogP contribution in [-0.4, -0.2) is 6.67 Å². The van der Waals surface area contributed by atoms with E-state index in [1.54, 1.807) is 0 Å². The van der Waals surface area contributed by atoms with Crippen LogP contribution in [-0.2, 0) is 0 Å². The zero-order chi connectivity index (χ0) is 7.11. The summed E-state index contributed by atoms with van der Waals surface area (Å²) in [5.74, 6) is 0. The molecule has 9 heavy (non-hydrogen) atoms. The first-order valence-electron chi connectivity index (χ1n) is 3.60. The van der Waals surface area contributed by atoms with Crippen molar-refractivity contribution >= 4 is 0 Å². The maximum atomic E-state index is 3.16. The van der Waals surface area contributed by atoms with Crippen molar-refractivity contribution in [1.29, 1.82) is 0 Å². The number of allylic oxidation sites excluding steroid dienone is 1. The van der Waals surface area contributed by atoms with E-state index >= 15 is 0 Å². The van der Waals surface area contributed by atoms with E-state index in [0.717, 1.165) is 13.1 Å². The summed E-state index contributed by atoms with van der Waals surface area (Å²) < 4.78 is 0. The minimum absolute atomic E-state index is 0. The second kappa shape index (κ2) is 5.48. The first kappa shape index (κ1) is 8.34. The minimum atomic E-state index is 0. The molecule has 1 aliphatic rings. The molecule has 2 N–H and O–H groups in total. The molecule has 0 atom stereocenters. The summed E-state index contributed by atoms with van der Waals surface area (Å²) in [6.07, 6.45) is 3.12. The van der Waals surface area contributed by atoms with E-state index in [-0.39, 0.29) is 1.43 Å². The van der Waals surface area contributed by atoms with Gasteiger partial charge in [-0.15, -0.1) is 0 Å². The van der Waals surface area contributed by atoms with Gasteiger partial charge in [0.1, 0.15) is 0 Å². The fourth-order valence-corrected chi connectivity index (χ4v) is 0.617. The Morgan fingerprint density at radius 3 is 2.56 bits per heavy atom. The van der Waals surface area contributed by atoms with Gasteiger partial charge in [0.15, 0.2) is 0 Å². The quantitative estimate of drug-likeness (QED) is 0.564. The van der Waals surface area contributed by atoms with E-state index in [1.165, 1.54) is 5.70 Å². The SMILES string of the molecule is CC.CCC1=CNCN1.[HH]. The van der Waals surface area contributed by atoms with Crippen LogP contribution in [0.2, 0.25) is 0 Å². The van der Waals surface area contributed by atoms with Crippen molar-refractivity contribution in [3.05, 3.63) is 11.9 Å². The lowest BCUT2D eigenvalue weighted by atomic mass is 10.4. The normalized spacial score (nSPS) is 14.3. The Morgan fingerprint density at radius 1 is 1.67 bits per heavy atom. The molecule has 0 aromatic carbocycles. The fourth-order valence-electron chi connectivity index (χ4n) is 0.617. The third-order valence-electron chi connectivity index (χ3n) is 1.07. The molecule has 0 aromatic heterocycles. The van der Waals surface area contributed by atoms with Gasteiger partial charge in [-0.2, -0.15) is 0 Å². The maximum Gasteiger partial charge on any atom is 0.0843 e. The topological polar surface area (TPSA) is 24.1 Å². The highest BCUT2D eigenvalue weighted by molar-refractivity contribution is 5.01. The second-order valence-electron chi connectivity index (χ2n) is 1.58. The highest BCUT2D eigenvalue weighted by Crippen LogP contribution is 1.94. The van der Waals surface area contributed by atoms with Crippen LogP contribution in [0.1, 0.15) is 28.6 Å². The van der Waals surface area contributed by atoms with Gasteiger partial charge in [0.25, 0.3) is 0 Å². The molecule has 1 heterocycles. The van der Waals surface area contributed by atoms with Crippen molar-refractivity contribution < 1.29 is 1.43 Å². The van der Waals surface area contributed by atoms with Crippen molar-refractivity contribution in [2.24, 2.45) is 0 Å². The van der Waals surface area contributed by atoms with Gasteiger partial charge in [0, 0.05) is 13.3 Å². The smallest absolute Gasteiger partial charge is 0.0843 e. The zero-order valence-corrected chi connectivity index (χ0v) is 6.49. The summed E-state index contributed by atoms with van der Waals surface area (Å²) in [5.41, 5.74) is 1.31. The molecule has 0 bridgehead atoms. The lowest BCUT2D eigenvalue weighted by Gasteiger charge is -1.93. The molecule has 0 spiro atoms. The predicted molar refractivity (Wildman–Crippen MR) is 43.0 cm³/mol. The van der Waals surface area contributed by atoms with Crippen molar-refractivity contribution in [1.82, 2.24) is 10.6 Å². The summed E-state index contributed by atoms with van der Waals surface area (Å²) in [6.45, 7) is 7.04. The first-order chi connectivity index (χ1) is 4.43. The van der Waals surface area contributed by atoms with Gasteiger partial charge < -0.3 is 10.6 Å². The number of nitrogens with one attached hydrogen (secondary N) is 2. The van der Waals surface area contributed by atoms with Crippen LogP contribution < -0.4 is 10.6 Å². The Morgan fingerprint density at radius 2 is 2.33 bits per heavy atom. The van der Waals surface area contributed by atoms with Crippen LogP contribution in [0.4, 0.5) is 0 Å². The number of hydrogen-bond donors (Lipinski definition) is 2. The summed E-state index contributed by atoms with van der Waals surface area (Å²) in [6, 6.07) is 0. The summed E-state index contributed by atoms with van der Waals surface area (Å²) >= 11 is 0. The molecular weight excluding hydrogens is 112 g/mol. The summed E-state index contributed by atoms with van der Waals surface area (Å²) in [7, 11) is 0. The van der Waals surface area contributed by atoms with Crippen molar-refractivity contribution in [3.63, 3.8) is 0 Å².